The molecule has 2 aromatic rings. The van der Waals surface area contributed by atoms with E-state index in [0.29, 0.717) is 29.5 Å². The second-order valence-corrected chi connectivity index (χ2v) is 7.76. The summed E-state index contributed by atoms with van der Waals surface area (Å²) >= 11 is 12.2. The van der Waals surface area contributed by atoms with E-state index in [0.717, 1.165) is 12.8 Å². The summed E-state index contributed by atoms with van der Waals surface area (Å²) in [5, 5.41) is 8.94. The molecule has 29 heavy (non-hydrogen) atoms. The molecule has 1 aromatic heterocycles. The van der Waals surface area contributed by atoms with Gasteiger partial charge in [-0.3, -0.25) is 5.41 Å². The van der Waals surface area contributed by atoms with Crippen LogP contribution in [0.1, 0.15) is 50.6 Å². The van der Waals surface area contributed by atoms with Crippen molar-refractivity contribution in [2.45, 2.75) is 45.8 Å². The van der Waals surface area contributed by atoms with Gasteiger partial charge < -0.3 is 16.4 Å². The van der Waals surface area contributed by atoms with Gasteiger partial charge in [0.25, 0.3) is 0 Å². The van der Waals surface area contributed by atoms with Crippen molar-refractivity contribution >= 4 is 40.5 Å². The zero-order valence-electron chi connectivity index (χ0n) is 16.9. The average Bonchev–Trinajstić information content (AvgIpc) is 2.71. The van der Waals surface area contributed by atoms with Crippen molar-refractivity contribution in [2.75, 3.05) is 23.7 Å². The summed E-state index contributed by atoms with van der Waals surface area (Å²) < 4.78 is 13.7. The predicted octanol–water partition coefficient (Wildman–Crippen LogP) is 4.60. The number of nitrogens with two attached hydrogens (primary N) is 2. The highest BCUT2D eigenvalue weighted by Crippen LogP contribution is 2.30. The van der Waals surface area contributed by atoms with Gasteiger partial charge in [0.1, 0.15) is 18.1 Å². The van der Waals surface area contributed by atoms with Gasteiger partial charge in [0.05, 0.1) is 15.8 Å². The highest BCUT2D eigenvalue weighted by molar-refractivity contribution is 6.44. The Balaban J connectivity index is 0.00000145. The summed E-state index contributed by atoms with van der Waals surface area (Å²) in [5.41, 5.74) is 12.5. The van der Waals surface area contributed by atoms with Crippen LogP contribution in [0.5, 0.6) is 0 Å². The van der Waals surface area contributed by atoms with E-state index < -0.39 is 6.67 Å². The van der Waals surface area contributed by atoms with Crippen molar-refractivity contribution in [2.24, 2.45) is 5.73 Å². The van der Waals surface area contributed by atoms with Gasteiger partial charge in [-0.1, -0.05) is 49.2 Å². The molecule has 9 heteroatoms. The van der Waals surface area contributed by atoms with Gasteiger partial charge in [-0.25, -0.2) is 14.4 Å². The lowest BCUT2D eigenvalue weighted by molar-refractivity contribution is 0.361. The third-order valence-electron chi connectivity index (χ3n) is 4.76. The normalized spacial score (nSPS) is 15.5. The molecule has 0 spiro atoms. The first-order valence-corrected chi connectivity index (χ1v) is 10.3. The van der Waals surface area contributed by atoms with E-state index >= 15 is 0 Å². The summed E-state index contributed by atoms with van der Waals surface area (Å²) in [6.45, 7) is 6.47. The quantitative estimate of drug-likeness (QED) is 0.602. The van der Waals surface area contributed by atoms with Gasteiger partial charge in [0, 0.05) is 24.2 Å². The zero-order valence-corrected chi connectivity index (χ0v) is 18.4. The Hall–Kier alpha value is -1.96. The molecule has 0 radical (unpaired) electrons. The molecule has 6 nitrogen and oxygen atoms in total. The third kappa shape index (κ3) is 5.15. The number of hydrogen-bond acceptors (Lipinski definition) is 6. The van der Waals surface area contributed by atoms with Crippen molar-refractivity contribution in [3.05, 3.63) is 45.2 Å². The van der Waals surface area contributed by atoms with Crippen LogP contribution in [0.3, 0.4) is 0 Å². The number of nitrogens with one attached hydrogen (secondary N) is 1. The number of hydrogen-bond donors (Lipinski definition) is 3. The van der Waals surface area contributed by atoms with Crippen LogP contribution < -0.4 is 16.4 Å². The lowest BCUT2D eigenvalue weighted by Gasteiger charge is -2.37. The summed E-state index contributed by atoms with van der Waals surface area (Å²) in [6, 6.07) is 4.92. The molecule has 0 atom stereocenters. The molecule has 1 fully saturated rings. The summed E-state index contributed by atoms with van der Waals surface area (Å²) in [5.74, 6) is 0.448. The smallest absolute Gasteiger partial charge is 0.155 e. The molecule has 0 unspecified atom stereocenters. The molecule has 3 rings (SSSR count). The first-order chi connectivity index (χ1) is 13.7. The Bertz CT molecular complexity index is 878. The molecular weight excluding hydrogens is 414 g/mol. The molecule has 1 saturated heterocycles. The Kier molecular flexibility index (Phi) is 7.80. The van der Waals surface area contributed by atoms with Crippen molar-refractivity contribution < 1.29 is 4.39 Å². The number of rotatable bonds is 4. The largest absolute Gasteiger partial charge is 0.382 e. The molecule has 2 heterocycles. The SMILES string of the molecule is CC.CC1(N)CCN(c2nc(N)c(C(=N)c3cccc(Cl)c3Cl)nc2CF)CC1. The fourth-order valence-electron chi connectivity index (χ4n) is 3.05. The number of anilines is 2. The monoisotopic (exact) mass is 440 g/mol. The third-order valence-corrected chi connectivity index (χ3v) is 5.58. The second kappa shape index (κ2) is 9.69. The Morgan fingerprint density at radius 2 is 1.86 bits per heavy atom. The van der Waals surface area contributed by atoms with Gasteiger partial charge in [0.15, 0.2) is 11.6 Å². The number of nitrogen functional groups attached to an aromatic ring is 1. The molecule has 5 N–H and O–H groups in total. The summed E-state index contributed by atoms with van der Waals surface area (Å²) in [6.07, 6.45) is 1.52. The van der Waals surface area contributed by atoms with E-state index in [1.807, 2.05) is 25.7 Å². The van der Waals surface area contributed by atoms with E-state index in [9.17, 15) is 4.39 Å². The van der Waals surface area contributed by atoms with Crippen molar-refractivity contribution in [1.82, 2.24) is 9.97 Å². The number of aromatic nitrogens is 2. The van der Waals surface area contributed by atoms with Crippen LogP contribution in [-0.2, 0) is 6.67 Å². The number of benzene rings is 1. The van der Waals surface area contributed by atoms with Gasteiger partial charge in [-0.05, 0) is 25.8 Å². The van der Waals surface area contributed by atoms with Crippen LogP contribution in [-0.4, -0.2) is 34.3 Å². The highest BCUT2D eigenvalue weighted by atomic mass is 35.5. The molecule has 1 aliphatic heterocycles. The molecule has 158 valence electrons. The van der Waals surface area contributed by atoms with Crippen LogP contribution in [0, 0.1) is 5.41 Å². The second-order valence-electron chi connectivity index (χ2n) is 6.98. The minimum atomic E-state index is -0.817. The first kappa shape index (κ1) is 23.3. The molecule has 1 aromatic carbocycles. The fraction of sp³-hybridized carbons (Fsp3) is 0.450. The number of nitrogens with zero attached hydrogens (tertiary/aromatic N) is 3. The molecule has 0 saturated carbocycles. The molecule has 1 aliphatic rings. The van der Waals surface area contributed by atoms with E-state index in [2.05, 4.69) is 9.97 Å². The Morgan fingerprint density at radius 3 is 2.45 bits per heavy atom. The maximum absolute atomic E-state index is 13.7. The lowest BCUT2D eigenvalue weighted by Crippen LogP contribution is -2.48. The first-order valence-electron chi connectivity index (χ1n) is 9.53. The van der Waals surface area contributed by atoms with E-state index in [1.165, 1.54) is 0 Å². The van der Waals surface area contributed by atoms with Crippen LogP contribution in [0.15, 0.2) is 18.2 Å². The van der Waals surface area contributed by atoms with E-state index in [4.69, 9.17) is 40.1 Å². The van der Waals surface area contributed by atoms with Crippen LogP contribution in [0.2, 0.25) is 10.0 Å². The van der Waals surface area contributed by atoms with Gasteiger partial charge in [-0.2, -0.15) is 0 Å². The lowest BCUT2D eigenvalue weighted by atomic mass is 9.91. The number of piperidine rings is 1. The van der Waals surface area contributed by atoms with E-state index in [1.54, 1.807) is 18.2 Å². The minimum Gasteiger partial charge on any atom is -0.382 e. The highest BCUT2D eigenvalue weighted by Gasteiger charge is 2.29. The maximum atomic E-state index is 13.7. The van der Waals surface area contributed by atoms with Gasteiger partial charge in [-0.15, -0.1) is 0 Å². The fourth-order valence-corrected chi connectivity index (χ4v) is 3.45. The average molecular weight is 441 g/mol. The van der Waals surface area contributed by atoms with Crippen molar-refractivity contribution in [3.63, 3.8) is 0 Å². The van der Waals surface area contributed by atoms with Crippen molar-refractivity contribution in [3.8, 4) is 0 Å². The molecular formula is C20H27Cl2FN6. The van der Waals surface area contributed by atoms with Gasteiger partial charge in [0.2, 0.25) is 0 Å². The molecule has 0 amide bonds. The van der Waals surface area contributed by atoms with Crippen molar-refractivity contribution in [1.29, 1.82) is 5.41 Å². The number of alkyl halides is 1. The molecule has 0 aliphatic carbocycles. The predicted molar refractivity (Wildman–Crippen MR) is 119 cm³/mol. The number of halogens is 3. The van der Waals surface area contributed by atoms with Crippen LogP contribution in [0.4, 0.5) is 16.0 Å². The van der Waals surface area contributed by atoms with Crippen LogP contribution >= 0.6 is 23.2 Å². The molecule has 0 bridgehead atoms. The Morgan fingerprint density at radius 1 is 1.24 bits per heavy atom. The summed E-state index contributed by atoms with van der Waals surface area (Å²) in [4.78, 5) is 10.6. The topological polar surface area (TPSA) is 105 Å². The standard InChI is InChI=1S/C18H21Cl2FN6.C2H6/c1-18(24)5-7-27(8-6-18)17-12(9-21)25-15(16(23)26-17)14(22)10-3-2-4-11(19)13(10)20;1-2/h2-4,22H,5-9,24H2,1H3,(H2,23,26);1-2H3. The van der Waals surface area contributed by atoms with Gasteiger partial charge >= 0.3 is 0 Å². The Labute approximate surface area is 180 Å². The zero-order chi connectivity index (χ0) is 21.8. The summed E-state index contributed by atoms with van der Waals surface area (Å²) in [7, 11) is 0. The minimum absolute atomic E-state index is 0.0457. The van der Waals surface area contributed by atoms with E-state index in [-0.39, 0.29) is 33.5 Å². The maximum Gasteiger partial charge on any atom is 0.155 e. The van der Waals surface area contributed by atoms with Crippen LogP contribution in [0.25, 0.3) is 0 Å².